The van der Waals surface area contributed by atoms with Gasteiger partial charge < -0.3 is 15.6 Å². The van der Waals surface area contributed by atoms with Crippen molar-refractivity contribution >= 4 is 5.69 Å². The highest BCUT2D eigenvalue weighted by Crippen LogP contribution is 2.29. The third kappa shape index (κ3) is 3.91. The van der Waals surface area contributed by atoms with Gasteiger partial charge in [0, 0.05) is 0 Å². The smallest absolute Gasteiger partial charge is 0.145 e. The first-order valence-electron chi connectivity index (χ1n) is 6.51. The molecule has 3 N–H and O–H groups in total. The fourth-order valence-corrected chi connectivity index (χ4v) is 1.92. The normalized spacial score (nSPS) is 10.3. The molecule has 0 fully saturated rings. The number of anilines is 1. The van der Waals surface area contributed by atoms with Crippen LogP contribution in [0.1, 0.15) is 18.4 Å². The maximum Gasteiger partial charge on any atom is 0.145 e. The van der Waals surface area contributed by atoms with Crippen molar-refractivity contribution in [2.45, 2.75) is 19.3 Å². The Morgan fingerprint density at radius 2 is 1.74 bits per heavy atom. The summed E-state index contributed by atoms with van der Waals surface area (Å²) in [5.41, 5.74) is 7.37. The van der Waals surface area contributed by atoms with Crippen molar-refractivity contribution in [2.75, 3.05) is 12.3 Å². The summed E-state index contributed by atoms with van der Waals surface area (Å²) < 4.78 is 5.57. The molecular weight excluding hydrogens is 238 g/mol. The molecule has 3 nitrogen and oxygen atoms in total. The lowest BCUT2D eigenvalue weighted by molar-refractivity contribution is 0.307. The van der Waals surface area contributed by atoms with Crippen LogP contribution in [-0.2, 0) is 6.42 Å². The largest absolute Gasteiger partial charge is 0.506 e. The van der Waals surface area contributed by atoms with Crippen LogP contribution in [0.4, 0.5) is 5.69 Å². The molecule has 19 heavy (non-hydrogen) atoms. The Balaban J connectivity index is 1.71. The minimum Gasteiger partial charge on any atom is -0.506 e. The first-order valence-corrected chi connectivity index (χ1v) is 6.51. The topological polar surface area (TPSA) is 55.5 Å². The highest BCUT2D eigenvalue weighted by Gasteiger charge is 2.03. The Hall–Kier alpha value is -2.16. The van der Waals surface area contributed by atoms with Crippen molar-refractivity contribution in [3.63, 3.8) is 0 Å². The van der Waals surface area contributed by atoms with Gasteiger partial charge in [-0.25, -0.2) is 0 Å². The molecule has 2 aromatic carbocycles. The van der Waals surface area contributed by atoms with Crippen LogP contribution in [0.5, 0.6) is 11.5 Å². The number of rotatable bonds is 6. The monoisotopic (exact) mass is 257 g/mol. The van der Waals surface area contributed by atoms with Gasteiger partial charge in [0.05, 0.1) is 6.61 Å². The van der Waals surface area contributed by atoms with Crippen LogP contribution in [0.2, 0.25) is 0 Å². The molecular formula is C16H19NO2. The van der Waals surface area contributed by atoms with Gasteiger partial charge in [-0.05, 0) is 37.0 Å². The van der Waals surface area contributed by atoms with Crippen LogP contribution in [-0.4, -0.2) is 11.7 Å². The van der Waals surface area contributed by atoms with Crippen molar-refractivity contribution in [3.8, 4) is 11.5 Å². The van der Waals surface area contributed by atoms with Crippen molar-refractivity contribution in [1.29, 1.82) is 0 Å². The predicted octanol–water partition coefficient (Wildman–Crippen LogP) is 3.38. The number of ether oxygens (including phenoxy) is 1. The second kappa shape index (κ2) is 6.69. The molecule has 0 bridgehead atoms. The maximum atomic E-state index is 9.45. The van der Waals surface area contributed by atoms with Crippen LogP contribution in [0.15, 0.2) is 48.5 Å². The summed E-state index contributed by atoms with van der Waals surface area (Å²) in [4.78, 5) is 0. The van der Waals surface area contributed by atoms with Gasteiger partial charge in [0.15, 0.2) is 0 Å². The average Bonchev–Trinajstić information content (AvgIpc) is 2.44. The van der Waals surface area contributed by atoms with E-state index >= 15 is 0 Å². The van der Waals surface area contributed by atoms with E-state index in [1.54, 1.807) is 18.2 Å². The zero-order valence-electron chi connectivity index (χ0n) is 10.9. The molecule has 0 aliphatic heterocycles. The number of para-hydroxylation sites is 1. The van der Waals surface area contributed by atoms with Crippen molar-refractivity contribution in [1.82, 2.24) is 0 Å². The van der Waals surface area contributed by atoms with Crippen molar-refractivity contribution in [2.24, 2.45) is 0 Å². The van der Waals surface area contributed by atoms with Gasteiger partial charge in [-0.3, -0.25) is 0 Å². The minimum absolute atomic E-state index is 0.0711. The molecule has 2 rings (SSSR count). The Bertz CT molecular complexity index is 511. The molecule has 0 heterocycles. The highest BCUT2D eigenvalue weighted by molar-refractivity contribution is 5.61. The van der Waals surface area contributed by atoms with E-state index in [9.17, 15) is 5.11 Å². The summed E-state index contributed by atoms with van der Waals surface area (Å²) in [6.45, 7) is 0.612. The summed E-state index contributed by atoms with van der Waals surface area (Å²) in [6.07, 6.45) is 3.09. The standard InChI is InChI=1S/C16H19NO2/c17-16-14(18)10-6-11-15(16)19-12-5-4-9-13-7-2-1-3-8-13/h1-3,6-8,10-11,18H,4-5,9,12,17H2. The van der Waals surface area contributed by atoms with Crippen molar-refractivity contribution < 1.29 is 9.84 Å². The fraction of sp³-hybridized carbons (Fsp3) is 0.250. The van der Waals surface area contributed by atoms with Gasteiger partial charge in [-0.1, -0.05) is 36.4 Å². The number of hydrogen-bond acceptors (Lipinski definition) is 3. The maximum absolute atomic E-state index is 9.45. The number of phenols is 1. The summed E-state index contributed by atoms with van der Waals surface area (Å²) in [5.74, 6) is 0.626. The molecule has 0 aromatic heterocycles. The number of phenolic OH excluding ortho intramolecular Hbond substituents is 1. The van der Waals surface area contributed by atoms with Gasteiger partial charge >= 0.3 is 0 Å². The van der Waals surface area contributed by atoms with Gasteiger partial charge in [-0.2, -0.15) is 0 Å². The Morgan fingerprint density at radius 1 is 0.947 bits per heavy atom. The third-order valence-corrected chi connectivity index (χ3v) is 3.00. The summed E-state index contributed by atoms with van der Waals surface area (Å²) in [6, 6.07) is 15.5. The Kier molecular flexibility index (Phi) is 4.67. The zero-order chi connectivity index (χ0) is 13.5. The number of hydrogen-bond donors (Lipinski definition) is 2. The molecule has 2 aromatic rings. The zero-order valence-corrected chi connectivity index (χ0v) is 10.9. The first kappa shape index (κ1) is 13.3. The van der Waals surface area contributed by atoms with Gasteiger partial charge in [0.25, 0.3) is 0 Å². The predicted molar refractivity (Wildman–Crippen MR) is 77.4 cm³/mol. The second-order valence-corrected chi connectivity index (χ2v) is 4.48. The average molecular weight is 257 g/mol. The van der Waals surface area contributed by atoms with Gasteiger partial charge in [-0.15, -0.1) is 0 Å². The molecule has 3 heteroatoms. The van der Waals surface area contributed by atoms with Gasteiger partial charge in [0.1, 0.15) is 17.2 Å². The van der Waals surface area contributed by atoms with E-state index in [0.717, 1.165) is 19.3 Å². The lowest BCUT2D eigenvalue weighted by Crippen LogP contribution is -2.01. The second-order valence-electron chi connectivity index (χ2n) is 4.48. The summed E-state index contributed by atoms with van der Waals surface area (Å²) >= 11 is 0. The number of nitrogens with two attached hydrogens (primary N) is 1. The molecule has 0 saturated heterocycles. The van der Waals surface area contributed by atoms with E-state index in [4.69, 9.17) is 10.5 Å². The molecule has 0 aliphatic carbocycles. The third-order valence-electron chi connectivity index (χ3n) is 3.00. The summed E-state index contributed by atoms with van der Waals surface area (Å²) in [5, 5.41) is 9.45. The molecule has 0 aliphatic rings. The lowest BCUT2D eigenvalue weighted by Gasteiger charge is -2.09. The number of benzene rings is 2. The number of aromatic hydroxyl groups is 1. The van der Waals surface area contributed by atoms with E-state index in [0.29, 0.717) is 18.0 Å². The molecule has 0 amide bonds. The Labute approximate surface area is 113 Å². The molecule has 0 atom stereocenters. The number of unbranched alkanes of at least 4 members (excludes halogenated alkanes) is 1. The molecule has 0 spiro atoms. The molecule has 0 radical (unpaired) electrons. The fourth-order valence-electron chi connectivity index (χ4n) is 1.92. The lowest BCUT2D eigenvalue weighted by atomic mass is 10.1. The van der Waals surface area contributed by atoms with E-state index in [1.165, 1.54) is 5.56 Å². The van der Waals surface area contributed by atoms with E-state index in [2.05, 4.69) is 24.3 Å². The SMILES string of the molecule is Nc1c(O)cccc1OCCCCc1ccccc1. The van der Waals surface area contributed by atoms with Crippen LogP contribution in [0.25, 0.3) is 0 Å². The van der Waals surface area contributed by atoms with E-state index in [1.807, 2.05) is 6.07 Å². The minimum atomic E-state index is 0.0711. The van der Waals surface area contributed by atoms with E-state index < -0.39 is 0 Å². The molecule has 0 saturated carbocycles. The molecule has 0 unspecified atom stereocenters. The van der Waals surface area contributed by atoms with Gasteiger partial charge in [0.2, 0.25) is 0 Å². The van der Waals surface area contributed by atoms with Crippen LogP contribution in [0.3, 0.4) is 0 Å². The molecule has 100 valence electrons. The number of nitrogen functional groups attached to an aromatic ring is 1. The van der Waals surface area contributed by atoms with Crippen molar-refractivity contribution in [3.05, 3.63) is 54.1 Å². The quantitative estimate of drug-likeness (QED) is 0.474. The summed E-state index contributed by atoms with van der Waals surface area (Å²) in [7, 11) is 0. The van der Waals surface area contributed by atoms with Crippen LogP contribution < -0.4 is 10.5 Å². The Morgan fingerprint density at radius 3 is 2.53 bits per heavy atom. The first-order chi connectivity index (χ1) is 9.27. The van der Waals surface area contributed by atoms with Crippen LogP contribution in [0, 0.1) is 0 Å². The van der Waals surface area contributed by atoms with Crippen LogP contribution >= 0.6 is 0 Å². The highest BCUT2D eigenvalue weighted by atomic mass is 16.5. The van der Waals surface area contributed by atoms with E-state index in [-0.39, 0.29) is 5.75 Å². The number of aryl methyl sites for hydroxylation is 1.